The molecule has 0 unspecified atom stereocenters. The number of halogens is 1. The first-order chi connectivity index (χ1) is 14.4. The Morgan fingerprint density at radius 2 is 1.63 bits per heavy atom. The molecule has 7 heteroatoms. The molecule has 1 heterocycles. The molecule has 30 heavy (non-hydrogen) atoms. The van der Waals surface area contributed by atoms with Gasteiger partial charge < -0.3 is 5.32 Å². The van der Waals surface area contributed by atoms with Crippen molar-refractivity contribution < 1.29 is 13.2 Å². The van der Waals surface area contributed by atoms with Crippen LogP contribution < -0.4 is 5.32 Å². The Morgan fingerprint density at radius 1 is 0.967 bits per heavy atom. The van der Waals surface area contributed by atoms with Gasteiger partial charge in [0.05, 0.1) is 4.90 Å². The molecular weight excluding hydrogens is 420 g/mol. The lowest BCUT2D eigenvalue weighted by molar-refractivity contribution is -0.126. The summed E-state index contributed by atoms with van der Waals surface area (Å²) in [5.41, 5.74) is 1.07. The number of hydrogen-bond acceptors (Lipinski definition) is 3. The molecular formula is C23H23ClN2O3S. The van der Waals surface area contributed by atoms with Crippen LogP contribution in [-0.4, -0.2) is 31.7 Å². The molecule has 156 valence electrons. The lowest BCUT2D eigenvalue weighted by Crippen LogP contribution is -2.42. The standard InChI is InChI=1S/C23H23ClN2O3S/c24-20-8-10-21(11-9-20)30(28,29)26-14-12-18(13-15-26)23(27)25-16-19-6-3-5-17-4-1-2-7-22(17)19/h1-11,18H,12-16H2,(H,25,27). The minimum Gasteiger partial charge on any atom is -0.352 e. The number of piperidine rings is 1. The van der Waals surface area contributed by atoms with Gasteiger partial charge in [0.15, 0.2) is 0 Å². The molecule has 0 spiro atoms. The molecule has 4 rings (SSSR count). The molecule has 0 radical (unpaired) electrons. The molecule has 1 saturated heterocycles. The zero-order chi connectivity index (χ0) is 21.1. The lowest BCUT2D eigenvalue weighted by Gasteiger charge is -2.30. The molecule has 0 aromatic heterocycles. The summed E-state index contributed by atoms with van der Waals surface area (Å²) in [6.07, 6.45) is 1.02. The van der Waals surface area contributed by atoms with Crippen molar-refractivity contribution in [2.45, 2.75) is 24.3 Å². The first kappa shape index (κ1) is 20.8. The Hall–Kier alpha value is -2.41. The number of benzene rings is 3. The number of nitrogens with zero attached hydrogens (tertiary/aromatic N) is 1. The predicted octanol–water partition coefficient (Wildman–Crippen LogP) is 4.21. The van der Waals surface area contributed by atoms with Crippen molar-refractivity contribution in [3.8, 4) is 0 Å². The number of carbonyl (C=O) groups is 1. The van der Waals surface area contributed by atoms with Gasteiger partial charge in [0.2, 0.25) is 15.9 Å². The zero-order valence-electron chi connectivity index (χ0n) is 16.4. The predicted molar refractivity (Wildman–Crippen MR) is 119 cm³/mol. The third-order valence-electron chi connectivity index (χ3n) is 5.61. The van der Waals surface area contributed by atoms with Gasteiger partial charge in [0, 0.05) is 30.6 Å². The fraction of sp³-hybridized carbons (Fsp3) is 0.261. The van der Waals surface area contributed by atoms with Gasteiger partial charge in [-0.05, 0) is 53.4 Å². The minimum absolute atomic E-state index is 0.0218. The molecule has 5 nitrogen and oxygen atoms in total. The van der Waals surface area contributed by atoms with E-state index in [1.54, 1.807) is 12.1 Å². The van der Waals surface area contributed by atoms with Crippen LogP contribution >= 0.6 is 11.6 Å². The molecule has 3 aromatic carbocycles. The molecule has 0 aliphatic carbocycles. The van der Waals surface area contributed by atoms with Gasteiger partial charge in [0.25, 0.3) is 0 Å². The van der Waals surface area contributed by atoms with E-state index in [9.17, 15) is 13.2 Å². The Kier molecular flexibility index (Phi) is 6.09. The monoisotopic (exact) mass is 442 g/mol. The largest absolute Gasteiger partial charge is 0.352 e. The lowest BCUT2D eigenvalue weighted by atomic mass is 9.97. The summed E-state index contributed by atoms with van der Waals surface area (Å²) < 4.78 is 27.0. The second kappa shape index (κ2) is 8.76. The van der Waals surface area contributed by atoms with Crippen LogP contribution in [0.3, 0.4) is 0 Å². The topological polar surface area (TPSA) is 66.5 Å². The number of nitrogens with one attached hydrogen (secondary N) is 1. The minimum atomic E-state index is -3.56. The summed E-state index contributed by atoms with van der Waals surface area (Å²) in [5, 5.41) is 5.80. The van der Waals surface area contributed by atoms with Crippen molar-refractivity contribution in [1.29, 1.82) is 0 Å². The number of rotatable bonds is 5. The van der Waals surface area contributed by atoms with Crippen molar-refractivity contribution in [2.24, 2.45) is 5.92 Å². The van der Waals surface area contributed by atoms with Crippen LogP contribution in [-0.2, 0) is 21.4 Å². The second-order valence-corrected chi connectivity index (χ2v) is 9.86. The van der Waals surface area contributed by atoms with Gasteiger partial charge in [-0.2, -0.15) is 4.31 Å². The van der Waals surface area contributed by atoms with Crippen molar-refractivity contribution in [1.82, 2.24) is 9.62 Å². The molecule has 0 bridgehead atoms. The highest BCUT2D eigenvalue weighted by atomic mass is 35.5. The van der Waals surface area contributed by atoms with Gasteiger partial charge >= 0.3 is 0 Å². The van der Waals surface area contributed by atoms with Crippen LogP contribution in [0.15, 0.2) is 71.6 Å². The van der Waals surface area contributed by atoms with E-state index in [1.165, 1.54) is 16.4 Å². The van der Waals surface area contributed by atoms with Crippen LogP contribution in [0, 0.1) is 5.92 Å². The van der Waals surface area contributed by atoms with Gasteiger partial charge in [-0.15, -0.1) is 0 Å². The fourth-order valence-electron chi connectivity index (χ4n) is 3.89. The van der Waals surface area contributed by atoms with E-state index in [-0.39, 0.29) is 16.7 Å². The summed E-state index contributed by atoms with van der Waals surface area (Å²) in [4.78, 5) is 12.9. The number of amides is 1. The van der Waals surface area contributed by atoms with Crippen molar-refractivity contribution in [3.63, 3.8) is 0 Å². The SMILES string of the molecule is O=C(NCc1cccc2ccccc12)C1CCN(S(=O)(=O)c2ccc(Cl)cc2)CC1. The first-order valence-corrected chi connectivity index (χ1v) is 11.8. The van der Waals surface area contributed by atoms with Crippen LogP contribution in [0.4, 0.5) is 0 Å². The van der Waals surface area contributed by atoms with E-state index in [2.05, 4.69) is 23.5 Å². The summed E-state index contributed by atoms with van der Waals surface area (Å²) >= 11 is 5.85. The van der Waals surface area contributed by atoms with Crippen molar-refractivity contribution in [3.05, 3.63) is 77.3 Å². The first-order valence-electron chi connectivity index (χ1n) is 9.95. The maximum atomic E-state index is 12.8. The molecule has 3 aromatic rings. The Balaban J connectivity index is 1.36. The average Bonchev–Trinajstić information content (AvgIpc) is 2.78. The van der Waals surface area contributed by atoms with E-state index in [0.717, 1.165) is 16.3 Å². The van der Waals surface area contributed by atoms with Crippen LogP contribution in [0.2, 0.25) is 5.02 Å². The highest BCUT2D eigenvalue weighted by Gasteiger charge is 2.32. The summed E-state index contributed by atoms with van der Waals surface area (Å²) in [6.45, 7) is 1.12. The normalized spacial score (nSPS) is 15.9. The van der Waals surface area contributed by atoms with E-state index in [1.807, 2.05) is 24.3 Å². The summed E-state index contributed by atoms with van der Waals surface area (Å²) in [6, 6.07) is 20.3. The number of carbonyl (C=O) groups excluding carboxylic acids is 1. The molecule has 1 N–H and O–H groups in total. The van der Waals surface area contributed by atoms with E-state index in [4.69, 9.17) is 11.6 Å². The summed E-state index contributed by atoms with van der Waals surface area (Å²) in [5.74, 6) is -0.205. The molecule has 0 saturated carbocycles. The highest BCUT2D eigenvalue weighted by molar-refractivity contribution is 7.89. The second-order valence-electron chi connectivity index (χ2n) is 7.49. The van der Waals surface area contributed by atoms with E-state index >= 15 is 0 Å². The van der Waals surface area contributed by atoms with E-state index < -0.39 is 10.0 Å². The van der Waals surface area contributed by atoms with E-state index in [0.29, 0.717) is 37.5 Å². The molecule has 1 fully saturated rings. The molecule has 1 amide bonds. The van der Waals surface area contributed by atoms with Crippen molar-refractivity contribution in [2.75, 3.05) is 13.1 Å². The summed E-state index contributed by atoms with van der Waals surface area (Å²) in [7, 11) is -3.56. The van der Waals surface area contributed by atoms with Crippen LogP contribution in [0.1, 0.15) is 18.4 Å². The van der Waals surface area contributed by atoms with Gasteiger partial charge in [-0.25, -0.2) is 8.42 Å². The Labute approximate surface area is 181 Å². The van der Waals surface area contributed by atoms with Crippen LogP contribution in [0.25, 0.3) is 10.8 Å². The van der Waals surface area contributed by atoms with Crippen molar-refractivity contribution >= 4 is 38.3 Å². The quantitative estimate of drug-likeness (QED) is 0.643. The van der Waals surface area contributed by atoms with Gasteiger partial charge in [-0.1, -0.05) is 54.1 Å². The third-order valence-corrected chi connectivity index (χ3v) is 7.77. The molecule has 1 aliphatic heterocycles. The van der Waals surface area contributed by atoms with Gasteiger partial charge in [-0.3, -0.25) is 4.79 Å². The van der Waals surface area contributed by atoms with Crippen LogP contribution in [0.5, 0.6) is 0 Å². The number of sulfonamides is 1. The number of hydrogen-bond donors (Lipinski definition) is 1. The Bertz CT molecular complexity index is 1150. The maximum Gasteiger partial charge on any atom is 0.243 e. The maximum absolute atomic E-state index is 12.8. The van der Waals surface area contributed by atoms with Gasteiger partial charge in [0.1, 0.15) is 0 Å². The third kappa shape index (κ3) is 4.36. The molecule has 1 aliphatic rings. The highest BCUT2D eigenvalue weighted by Crippen LogP contribution is 2.25. The number of fused-ring (bicyclic) bond motifs is 1. The Morgan fingerprint density at radius 3 is 2.37 bits per heavy atom. The zero-order valence-corrected chi connectivity index (χ0v) is 18.0. The average molecular weight is 443 g/mol. The fourth-order valence-corrected chi connectivity index (χ4v) is 5.48. The smallest absolute Gasteiger partial charge is 0.243 e. The molecule has 0 atom stereocenters.